The van der Waals surface area contributed by atoms with Crippen molar-refractivity contribution in [1.82, 2.24) is 15.5 Å². The average molecular weight is 440 g/mol. The molecule has 1 unspecified atom stereocenters. The van der Waals surface area contributed by atoms with Crippen LogP contribution in [0, 0.1) is 18.3 Å². The molecular weight excluding hydrogens is 411 g/mol. The molecule has 2 rings (SSSR count). The number of benzene rings is 1. The van der Waals surface area contributed by atoms with Crippen molar-refractivity contribution in [3.63, 3.8) is 0 Å². The molecule has 2 N–H and O–H groups in total. The van der Waals surface area contributed by atoms with Crippen LogP contribution in [0.4, 0.5) is 0 Å². The van der Waals surface area contributed by atoms with E-state index in [2.05, 4.69) is 63.7 Å². The van der Waals surface area contributed by atoms with Crippen molar-refractivity contribution in [2.45, 2.75) is 19.8 Å². The lowest BCUT2D eigenvalue weighted by molar-refractivity contribution is 0.329. The summed E-state index contributed by atoms with van der Waals surface area (Å²) in [5.74, 6) is 4.06. The molecule has 1 heterocycles. The fraction of sp³-hybridized carbons (Fsp3) is 0.526. The van der Waals surface area contributed by atoms with Crippen LogP contribution < -0.4 is 10.6 Å². The quantitative estimate of drug-likeness (QED) is 0.296. The Morgan fingerprint density at radius 1 is 1.33 bits per heavy atom. The minimum Gasteiger partial charge on any atom is -0.357 e. The summed E-state index contributed by atoms with van der Waals surface area (Å²) < 4.78 is 0. The van der Waals surface area contributed by atoms with Gasteiger partial charge in [-0.25, -0.2) is 0 Å². The SMILES string of the molecule is C#CCNC(=NCC1CCN(CCc2ccccc2)C1)NCC.I. The standard InChI is InChI=1S/C19H28N4.HI/c1-3-12-21-19(20-4-2)22-15-18-11-14-23(16-18)13-10-17-8-6-5-7-9-17;/h1,5-9,18H,4,10-16H2,2H3,(H2,20,21,22);1H. The van der Waals surface area contributed by atoms with Crippen LogP contribution >= 0.6 is 24.0 Å². The third-order valence-electron chi connectivity index (χ3n) is 4.14. The number of likely N-dealkylation sites (tertiary alicyclic amines) is 1. The van der Waals surface area contributed by atoms with Crippen LogP contribution in [0.5, 0.6) is 0 Å². The first-order chi connectivity index (χ1) is 11.3. The molecule has 1 atom stereocenters. The second-order valence-electron chi connectivity index (χ2n) is 5.97. The summed E-state index contributed by atoms with van der Waals surface area (Å²) in [6.07, 6.45) is 7.65. The molecule has 24 heavy (non-hydrogen) atoms. The molecule has 1 fully saturated rings. The molecule has 1 aliphatic heterocycles. The van der Waals surface area contributed by atoms with Gasteiger partial charge >= 0.3 is 0 Å². The number of guanidine groups is 1. The van der Waals surface area contributed by atoms with Gasteiger partial charge in [-0.1, -0.05) is 36.3 Å². The number of halogens is 1. The highest BCUT2D eigenvalue weighted by Crippen LogP contribution is 2.17. The molecule has 0 aromatic heterocycles. The number of nitrogens with one attached hydrogen (secondary N) is 2. The molecule has 1 aromatic carbocycles. The van der Waals surface area contributed by atoms with Gasteiger partial charge in [0.05, 0.1) is 6.54 Å². The first-order valence-electron chi connectivity index (χ1n) is 8.53. The maximum atomic E-state index is 5.29. The Hall–Kier alpha value is -1.26. The summed E-state index contributed by atoms with van der Waals surface area (Å²) in [7, 11) is 0. The van der Waals surface area contributed by atoms with E-state index in [0.29, 0.717) is 12.5 Å². The Balaban J connectivity index is 0.00000288. The monoisotopic (exact) mass is 440 g/mol. The first-order valence-corrected chi connectivity index (χ1v) is 8.53. The third kappa shape index (κ3) is 7.54. The van der Waals surface area contributed by atoms with Crippen LogP contribution in [-0.4, -0.2) is 50.1 Å². The maximum absolute atomic E-state index is 5.29. The van der Waals surface area contributed by atoms with E-state index in [1.807, 2.05) is 0 Å². The Morgan fingerprint density at radius 2 is 2.12 bits per heavy atom. The minimum absolute atomic E-state index is 0. The lowest BCUT2D eigenvalue weighted by atomic mass is 10.1. The van der Waals surface area contributed by atoms with Gasteiger partial charge in [-0.2, -0.15) is 0 Å². The molecular formula is C19H29IN4. The number of hydrogen-bond acceptors (Lipinski definition) is 2. The Bertz CT molecular complexity index is 524. The van der Waals surface area contributed by atoms with Crippen molar-refractivity contribution in [1.29, 1.82) is 0 Å². The lowest BCUT2D eigenvalue weighted by Crippen LogP contribution is -2.37. The molecule has 0 bridgehead atoms. The van der Waals surface area contributed by atoms with Crippen LogP contribution in [0.15, 0.2) is 35.3 Å². The average Bonchev–Trinajstić information content (AvgIpc) is 3.04. The predicted octanol–water partition coefficient (Wildman–Crippen LogP) is 2.36. The molecule has 1 aromatic rings. The summed E-state index contributed by atoms with van der Waals surface area (Å²) in [6, 6.07) is 10.7. The van der Waals surface area contributed by atoms with Gasteiger partial charge in [0.25, 0.3) is 0 Å². The Kier molecular flexibility index (Phi) is 10.5. The highest BCUT2D eigenvalue weighted by Gasteiger charge is 2.21. The van der Waals surface area contributed by atoms with E-state index in [-0.39, 0.29) is 24.0 Å². The number of hydrogen-bond donors (Lipinski definition) is 2. The van der Waals surface area contributed by atoms with E-state index in [9.17, 15) is 0 Å². The van der Waals surface area contributed by atoms with E-state index < -0.39 is 0 Å². The summed E-state index contributed by atoms with van der Waals surface area (Å²) in [4.78, 5) is 7.21. The Morgan fingerprint density at radius 3 is 2.83 bits per heavy atom. The highest BCUT2D eigenvalue weighted by atomic mass is 127. The van der Waals surface area contributed by atoms with E-state index in [1.54, 1.807) is 0 Å². The van der Waals surface area contributed by atoms with Gasteiger partial charge in [-0.15, -0.1) is 30.4 Å². The lowest BCUT2D eigenvalue weighted by Gasteiger charge is -2.15. The van der Waals surface area contributed by atoms with Crippen LogP contribution in [0.1, 0.15) is 18.9 Å². The van der Waals surface area contributed by atoms with Gasteiger partial charge in [0, 0.05) is 26.2 Å². The summed E-state index contributed by atoms with van der Waals surface area (Å²) in [5, 5.41) is 6.37. The number of rotatable bonds is 7. The smallest absolute Gasteiger partial charge is 0.192 e. The van der Waals surface area contributed by atoms with Gasteiger partial charge in [-0.05, 0) is 37.8 Å². The second-order valence-corrected chi connectivity index (χ2v) is 5.97. The molecule has 0 spiro atoms. The predicted molar refractivity (Wildman–Crippen MR) is 113 cm³/mol. The number of nitrogens with zero attached hydrogens (tertiary/aromatic N) is 2. The van der Waals surface area contributed by atoms with Gasteiger partial charge in [-0.3, -0.25) is 4.99 Å². The zero-order valence-corrected chi connectivity index (χ0v) is 16.8. The largest absolute Gasteiger partial charge is 0.357 e. The third-order valence-corrected chi connectivity index (χ3v) is 4.14. The molecule has 0 radical (unpaired) electrons. The van der Waals surface area contributed by atoms with E-state index >= 15 is 0 Å². The van der Waals surface area contributed by atoms with Crippen LogP contribution in [0.25, 0.3) is 0 Å². The highest BCUT2D eigenvalue weighted by molar-refractivity contribution is 14.0. The fourth-order valence-electron chi connectivity index (χ4n) is 2.89. The zero-order valence-electron chi connectivity index (χ0n) is 14.5. The maximum Gasteiger partial charge on any atom is 0.192 e. The summed E-state index contributed by atoms with van der Waals surface area (Å²) in [5.41, 5.74) is 1.42. The topological polar surface area (TPSA) is 39.7 Å². The molecule has 4 nitrogen and oxygen atoms in total. The molecule has 0 saturated carbocycles. The molecule has 0 amide bonds. The van der Waals surface area contributed by atoms with Gasteiger partial charge < -0.3 is 15.5 Å². The van der Waals surface area contributed by atoms with Crippen LogP contribution in [-0.2, 0) is 6.42 Å². The van der Waals surface area contributed by atoms with Crippen molar-refractivity contribution >= 4 is 29.9 Å². The molecule has 1 aliphatic rings. The van der Waals surface area contributed by atoms with Gasteiger partial charge in [0.1, 0.15) is 0 Å². The number of terminal acetylenes is 1. The van der Waals surface area contributed by atoms with Crippen molar-refractivity contribution in [2.24, 2.45) is 10.9 Å². The summed E-state index contributed by atoms with van der Waals surface area (Å²) >= 11 is 0. The van der Waals surface area contributed by atoms with Crippen molar-refractivity contribution in [2.75, 3.05) is 39.3 Å². The minimum atomic E-state index is 0. The van der Waals surface area contributed by atoms with Gasteiger partial charge in [0.15, 0.2) is 5.96 Å². The van der Waals surface area contributed by atoms with E-state index in [4.69, 9.17) is 6.42 Å². The normalized spacial score (nSPS) is 17.8. The molecule has 5 heteroatoms. The Labute approximate surface area is 163 Å². The van der Waals surface area contributed by atoms with Crippen molar-refractivity contribution in [3.8, 4) is 12.3 Å². The molecule has 132 valence electrons. The first kappa shape index (κ1) is 20.8. The van der Waals surface area contributed by atoms with Gasteiger partial charge in [0.2, 0.25) is 0 Å². The van der Waals surface area contributed by atoms with Crippen LogP contribution in [0.2, 0.25) is 0 Å². The second kappa shape index (κ2) is 12.2. The van der Waals surface area contributed by atoms with E-state index in [1.165, 1.54) is 18.5 Å². The van der Waals surface area contributed by atoms with Crippen molar-refractivity contribution < 1.29 is 0 Å². The van der Waals surface area contributed by atoms with E-state index in [0.717, 1.165) is 38.6 Å². The number of aliphatic imine (C=N–C) groups is 1. The zero-order chi connectivity index (χ0) is 16.3. The fourth-order valence-corrected chi connectivity index (χ4v) is 2.89. The summed E-state index contributed by atoms with van der Waals surface area (Å²) in [6.45, 7) is 7.76. The van der Waals surface area contributed by atoms with Crippen molar-refractivity contribution in [3.05, 3.63) is 35.9 Å². The molecule has 1 saturated heterocycles. The molecule has 0 aliphatic carbocycles. The van der Waals surface area contributed by atoms with Crippen LogP contribution in [0.3, 0.4) is 0 Å².